The van der Waals surface area contributed by atoms with Crippen LogP contribution in [0.2, 0.25) is 5.02 Å². The molecule has 0 atom stereocenters. The highest BCUT2D eigenvalue weighted by Crippen LogP contribution is 2.25. The van der Waals surface area contributed by atoms with Gasteiger partial charge in [0.1, 0.15) is 0 Å². The first-order chi connectivity index (χ1) is 9.29. The van der Waals surface area contributed by atoms with Crippen molar-refractivity contribution in [2.75, 3.05) is 10.5 Å². The Bertz CT molecular complexity index is 763. The molecule has 0 aromatic heterocycles. The average molecular weight is 376 g/mol. The topological polar surface area (TPSA) is 72.2 Å². The number of nitrogen functional groups attached to an aromatic ring is 1. The van der Waals surface area contributed by atoms with Crippen LogP contribution in [0.1, 0.15) is 5.56 Å². The van der Waals surface area contributed by atoms with E-state index in [1.807, 2.05) is 6.92 Å². The lowest BCUT2D eigenvalue weighted by molar-refractivity contribution is 0.601. The number of hydrogen-bond acceptors (Lipinski definition) is 3. The molecule has 0 radical (unpaired) electrons. The predicted octanol–water partition coefficient (Wildman–Crippen LogP) is 3.79. The van der Waals surface area contributed by atoms with E-state index in [1.54, 1.807) is 18.2 Å². The van der Waals surface area contributed by atoms with Gasteiger partial charge in [0.2, 0.25) is 0 Å². The van der Waals surface area contributed by atoms with Crippen LogP contribution in [-0.4, -0.2) is 8.42 Å². The van der Waals surface area contributed by atoms with Gasteiger partial charge in [0.25, 0.3) is 10.0 Å². The fraction of sp³-hybridized carbons (Fsp3) is 0.0769. The van der Waals surface area contributed by atoms with E-state index in [1.165, 1.54) is 18.2 Å². The first-order valence-electron chi connectivity index (χ1n) is 5.63. The first kappa shape index (κ1) is 15.2. The van der Waals surface area contributed by atoms with E-state index < -0.39 is 10.0 Å². The molecule has 0 aliphatic rings. The standard InChI is InChI=1S/C13H12BrClN2O2S/c1-8-6-9(2-4-11(8)14)17-20(18,19)10-3-5-13(16)12(15)7-10/h2-7,17H,16H2,1H3. The van der Waals surface area contributed by atoms with Gasteiger partial charge in [0, 0.05) is 10.2 Å². The van der Waals surface area contributed by atoms with Crippen molar-refractivity contribution >= 4 is 48.9 Å². The highest BCUT2D eigenvalue weighted by molar-refractivity contribution is 9.10. The second-order valence-electron chi connectivity index (χ2n) is 4.25. The molecule has 4 nitrogen and oxygen atoms in total. The second kappa shape index (κ2) is 5.63. The molecule has 3 N–H and O–H groups in total. The van der Waals surface area contributed by atoms with Gasteiger partial charge < -0.3 is 5.73 Å². The maximum absolute atomic E-state index is 12.2. The number of halogens is 2. The maximum Gasteiger partial charge on any atom is 0.261 e. The van der Waals surface area contributed by atoms with Crippen LogP contribution in [0.4, 0.5) is 11.4 Å². The van der Waals surface area contributed by atoms with Gasteiger partial charge in [0.15, 0.2) is 0 Å². The lowest BCUT2D eigenvalue weighted by atomic mass is 10.2. The summed E-state index contributed by atoms with van der Waals surface area (Å²) in [6.45, 7) is 1.88. The Hall–Kier alpha value is -1.24. The van der Waals surface area contributed by atoms with Crippen LogP contribution in [0, 0.1) is 6.92 Å². The molecule has 0 aliphatic heterocycles. The lowest BCUT2D eigenvalue weighted by Gasteiger charge is -2.10. The molecule has 0 saturated carbocycles. The molecule has 7 heteroatoms. The third-order valence-electron chi connectivity index (χ3n) is 2.69. The van der Waals surface area contributed by atoms with E-state index >= 15 is 0 Å². The fourth-order valence-electron chi connectivity index (χ4n) is 1.60. The van der Waals surface area contributed by atoms with Crippen LogP contribution in [-0.2, 0) is 10.0 Å². The maximum atomic E-state index is 12.2. The number of aryl methyl sites for hydroxylation is 1. The molecular weight excluding hydrogens is 364 g/mol. The van der Waals surface area contributed by atoms with E-state index in [0.717, 1.165) is 10.0 Å². The van der Waals surface area contributed by atoms with E-state index in [0.29, 0.717) is 11.4 Å². The molecular formula is C13H12BrClN2O2S. The van der Waals surface area contributed by atoms with Gasteiger partial charge in [-0.1, -0.05) is 27.5 Å². The largest absolute Gasteiger partial charge is 0.398 e. The number of benzene rings is 2. The summed E-state index contributed by atoms with van der Waals surface area (Å²) in [5.74, 6) is 0. The van der Waals surface area contributed by atoms with Crippen LogP contribution >= 0.6 is 27.5 Å². The Kier molecular flexibility index (Phi) is 4.27. The number of nitrogens with two attached hydrogens (primary N) is 1. The second-order valence-corrected chi connectivity index (χ2v) is 7.20. The SMILES string of the molecule is Cc1cc(NS(=O)(=O)c2ccc(N)c(Cl)c2)ccc1Br. The molecule has 0 heterocycles. The normalized spacial score (nSPS) is 11.3. The zero-order valence-corrected chi connectivity index (χ0v) is 13.7. The zero-order valence-electron chi connectivity index (χ0n) is 10.5. The summed E-state index contributed by atoms with van der Waals surface area (Å²) in [6, 6.07) is 9.39. The summed E-state index contributed by atoms with van der Waals surface area (Å²) >= 11 is 9.21. The van der Waals surface area contributed by atoms with Crippen molar-refractivity contribution in [2.24, 2.45) is 0 Å². The molecule has 2 aromatic carbocycles. The Labute approximate surface area is 131 Å². The van der Waals surface area contributed by atoms with Gasteiger partial charge in [-0.05, 0) is 48.9 Å². The molecule has 2 aromatic rings. The number of nitrogens with one attached hydrogen (secondary N) is 1. The fourth-order valence-corrected chi connectivity index (χ4v) is 3.16. The Morgan fingerprint density at radius 2 is 1.90 bits per heavy atom. The van der Waals surface area contributed by atoms with Crippen LogP contribution in [0.25, 0.3) is 0 Å². The Balaban J connectivity index is 2.35. The molecule has 0 spiro atoms. The molecule has 20 heavy (non-hydrogen) atoms. The average Bonchev–Trinajstić information content (AvgIpc) is 2.37. The van der Waals surface area contributed by atoms with Gasteiger partial charge in [-0.15, -0.1) is 0 Å². The van der Waals surface area contributed by atoms with Gasteiger partial charge >= 0.3 is 0 Å². The minimum Gasteiger partial charge on any atom is -0.398 e. The molecule has 0 fully saturated rings. The molecule has 2 rings (SSSR count). The van der Waals surface area contributed by atoms with Crippen molar-refractivity contribution in [1.82, 2.24) is 0 Å². The smallest absolute Gasteiger partial charge is 0.261 e. The minimum atomic E-state index is -3.69. The van der Waals surface area contributed by atoms with Crippen LogP contribution in [0.3, 0.4) is 0 Å². The molecule has 0 amide bonds. The number of anilines is 2. The Morgan fingerprint density at radius 1 is 1.20 bits per heavy atom. The molecule has 106 valence electrons. The van der Waals surface area contributed by atoms with E-state index in [2.05, 4.69) is 20.7 Å². The summed E-state index contributed by atoms with van der Waals surface area (Å²) in [4.78, 5) is 0.0669. The van der Waals surface area contributed by atoms with Crippen molar-refractivity contribution in [3.05, 3.63) is 51.5 Å². The first-order valence-corrected chi connectivity index (χ1v) is 8.29. The lowest BCUT2D eigenvalue weighted by Crippen LogP contribution is -2.13. The summed E-state index contributed by atoms with van der Waals surface area (Å²) in [5, 5.41) is 0.208. The predicted molar refractivity (Wildman–Crippen MR) is 85.6 cm³/mol. The van der Waals surface area contributed by atoms with Crippen molar-refractivity contribution in [3.63, 3.8) is 0 Å². The quantitative estimate of drug-likeness (QED) is 0.802. The van der Waals surface area contributed by atoms with Crippen molar-refractivity contribution in [1.29, 1.82) is 0 Å². The third kappa shape index (κ3) is 3.26. The number of rotatable bonds is 3. The van der Waals surface area contributed by atoms with Crippen LogP contribution in [0.5, 0.6) is 0 Å². The van der Waals surface area contributed by atoms with E-state index in [4.69, 9.17) is 17.3 Å². The van der Waals surface area contributed by atoms with Crippen molar-refractivity contribution in [2.45, 2.75) is 11.8 Å². The van der Waals surface area contributed by atoms with Crippen molar-refractivity contribution < 1.29 is 8.42 Å². The summed E-state index contributed by atoms with van der Waals surface area (Å²) in [5.41, 5.74) is 7.32. The van der Waals surface area contributed by atoms with Crippen molar-refractivity contribution in [3.8, 4) is 0 Å². The monoisotopic (exact) mass is 374 g/mol. The highest BCUT2D eigenvalue weighted by atomic mass is 79.9. The summed E-state index contributed by atoms with van der Waals surface area (Å²) < 4.78 is 27.9. The van der Waals surface area contributed by atoms with E-state index in [-0.39, 0.29) is 9.92 Å². The molecule has 0 saturated heterocycles. The zero-order chi connectivity index (χ0) is 14.9. The highest BCUT2D eigenvalue weighted by Gasteiger charge is 2.15. The Morgan fingerprint density at radius 3 is 2.50 bits per heavy atom. The van der Waals surface area contributed by atoms with Gasteiger partial charge in [-0.25, -0.2) is 8.42 Å². The van der Waals surface area contributed by atoms with E-state index in [9.17, 15) is 8.42 Å². The minimum absolute atomic E-state index is 0.0669. The molecule has 0 aliphatic carbocycles. The summed E-state index contributed by atoms with van der Waals surface area (Å²) in [7, 11) is -3.69. The van der Waals surface area contributed by atoms with Crippen LogP contribution < -0.4 is 10.5 Å². The van der Waals surface area contributed by atoms with Gasteiger partial charge in [0.05, 0.1) is 15.6 Å². The van der Waals surface area contributed by atoms with Gasteiger partial charge in [-0.2, -0.15) is 0 Å². The number of hydrogen-bond donors (Lipinski definition) is 2. The molecule has 0 unspecified atom stereocenters. The van der Waals surface area contributed by atoms with Gasteiger partial charge in [-0.3, -0.25) is 4.72 Å². The molecule has 0 bridgehead atoms. The summed E-state index contributed by atoms with van der Waals surface area (Å²) in [6.07, 6.45) is 0. The van der Waals surface area contributed by atoms with Crippen LogP contribution in [0.15, 0.2) is 45.8 Å². The number of sulfonamides is 1. The third-order valence-corrected chi connectivity index (χ3v) is 5.29.